The highest BCUT2D eigenvalue weighted by atomic mass is 32.1. The molecule has 1 aromatic carbocycles. The first-order chi connectivity index (χ1) is 12.2. The van der Waals surface area contributed by atoms with E-state index in [4.69, 9.17) is 4.74 Å². The zero-order valence-corrected chi connectivity index (χ0v) is 16.1. The van der Waals surface area contributed by atoms with Gasteiger partial charge in [-0.15, -0.1) is 11.3 Å². The molecule has 1 heterocycles. The van der Waals surface area contributed by atoms with Crippen LogP contribution >= 0.6 is 11.3 Å². The van der Waals surface area contributed by atoms with Crippen LogP contribution in [0.3, 0.4) is 0 Å². The second-order valence-electron chi connectivity index (χ2n) is 6.63. The van der Waals surface area contributed by atoms with Crippen molar-refractivity contribution in [2.75, 3.05) is 34.3 Å². The zero-order chi connectivity index (χ0) is 17.7. The van der Waals surface area contributed by atoms with Gasteiger partial charge in [-0.05, 0) is 36.8 Å². The Morgan fingerprint density at radius 1 is 1.28 bits per heavy atom. The Bertz CT molecular complexity index is 707. The Kier molecular flexibility index (Phi) is 5.63. The second kappa shape index (κ2) is 7.91. The zero-order valence-electron chi connectivity index (χ0n) is 15.3. The fraction of sp³-hybridized carbons (Fsp3) is 0.450. The van der Waals surface area contributed by atoms with Crippen molar-refractivity contribution < 1.29 is 4.74 Å². The summed E-state index contributed by atoms with van der Waals surface area (Å²) in [6.07, 6.45) is 3.43. The van der Waals surface area contributed by atoms with Crippen molar-refractivity contribution in [1.82, 2.24) is 10.2 Å². The third kappa shape index (κ3) is 4.15. The molecule has 1 aliphatic carbocycles. The number of rotatable bonds is 7. The summed E-state index contributed by atoms with van der Waals surface area (Å²) in [5.74, 6) is 1.94. The van der Waals surface area contributed by atoms with Gasteiger partial charge in [0.25, 0.3) is 0 Å². The number of methoxy groups -OCH3 is 1. The summed E-state index contributed by atoms with van der Waals surface area (Å²) in [6, 6.07) is 12.7. The van der Waals surface area contributed by atoms with E-state index in [0.29, 0.717) is 0 Å². The van der Waals surface area contributed by atoms with Gasteiger partial charge in [-0.2, -0.15) is 0 Å². The number of nitrogens with zero attached hydrogens (tertiary/aromatic N) is 2. The van der Waals surface area contributed by atoms with Crippen LogP contribution in [0.15, 0.2) is 46.8 Å². The molecule has 1 aliphatic rings. The smallest absolute Gasteiger partial charge is 0.193 e. The van der Waals surface area contributed by atoms with E-state index in [2.05, 4.69) is 58.0 Å². The number of guanidine groups is 1. The van der Waals surface area contributed by atoms with Gasteiger partial charge in [-0.3, -0.25) is 4.99 Å². The molecule has 0 aliphatic heterocycles. The molecule has 0 bridgehead atoms. The van der Waals surface area contributed by atoms with Gasteiger partial charge < -0.3 is 15.0 Å². The maximum absolute atomic E-state index is 5.56. The molecule has 0 amide bonds. The SMILES string of the molecule is CN=C(NCC1(c2ccccc2OC)CC1)N(C)CCc1cccs1. The summed E-state index contributed by atoms with van der Waals surface area (Å²) in [5, 5.41) is 5.71. The Labute approximate surface area is 154 Å². The van der Waals surface area contributed by atoms with Crippen molar-refractivity contribution in [3.63, 3.8) is 0 Å². The topological polar surface area (TPSA) is 36.9 Å². The van der Waals surface area contributed by atoms with Crippen LogP contribution in [0, 0.1) is 0 Å². The van der Waals surface area contributed by atoms with Gasteiger partial charge in [0.1, 0.15) is 5.75 Å². The number of para-hydroxylation sites is 1. The Hall–Kier alpha value is -2.01. The van der Waals surface area contributed by atoms with Crippen molar-refractivity contribution in [1.29, 1.82) is 0 Å². The van der Waals surface area contributed by atoms with Gasteiger partial charge in [0.05, 0.1) is 7.11 Å². The summed E-state index contributed by atoms with van der Waals surface area (Å²) in [5.41, 5.74) is 1.48. The highest BCUT2D eigenvalue weighted by Crippen LogP contribution is 2.50. The second-order valence-corrected chi connectivity index (χ2v) is 7.66. The fourth-order valence-corrected chi connectivity index (χ4v) is 3.94. The molecule has 0 spiro atoms. The number of likely N-dealkylation sites (N-methyl/N-ethyl adjacent to an activating group) is 1. The lowest BCUT2D eigenvalue weighted by Crippen LogP contribution is -2.43. The van der Waals surface area contributed by atoms with Crippen LogP contribution in [-0.2, 0) is 11.8 Å². The maximum Gasteiger partial charge on any atom is 0.193 e. The maximum atomic E-state index is 5.56. The summed E-state index contributed by atoms with van der Waals surface area (Å²) in [6.45, 7) is 1.85. The minimum absolute atomic E-state index is 0.178. The van der Waals surface area contributed by atoms with E-state index in [0.717, 1.165) is 31.2 Å². The van der Waals surface area contributed by atoms with Gasteiger partial charge in [0.15, 0.2) is 5.96 Å². The minimum atomic E-state index is 0.178. The normalized spacial score (nSPS) is 15.7. The van der Waals surface area contributed by atoms with E-state index in [1.807, 2.05) is 24.5 Å². The summed E-state index contributed by atoms with van der Waals surface area (Å²) >= 11 is 1.81. The number of thiophene rings is 1. The average Bonchev–Trinajstić information content (AvgIpc) is 3.25. The predicted molar refractivity (Wildman–Crippen MR) is 106 cm³/mol. The molecular weight excluding hydrogens is 330 g/mol. The molecule has 0 saturated heterocycles. The van der Waals surface area contributed by atoms with Gasteiger partial charge in [0.2, 0.25) is 0 Å². The number of hydrogen-bond donors (Lipinski definition) is 1. The lowest BCUT2D eigenvalue weighted by atomic mass is 9.95. The van der Waals surface area contributed by atoms with Gasteiger partial charge in [-0.25, -0.2) is 0 Å². The molecule has 2 aromatic rings. The van der Waals surface area contributed by atoms with Crippen LogP contribution in [0.4, 0.5) is 0 Å². The van der Waals surface area contributed by atoms with E-state index in [1.54, 1.807) is 7.11 Å². The van der Waals surface area contributed by atoms with Crippen LogP contribution in [0.1, 0.15) is 23.3 Å². The van der Waals surface area contributed by atoms with E-state index in [9.17, 15) is 0 Å². The van der Waals surface area contributed by atoms with E-state index in [1.165, 1.54) is 23.3 Å². The number of hydrogen-bond acceptors (Lipinski definition) is 3. The molecular formula is C20H27N3OS. The Morgan fingerprint density at radius 3 is 2.72 bits per heavy atom. The Balaban J connectivity index is 1.59. The van der Waals surface area contributed by atoms with E-state index in [-0.39, 0.29) is 5.41 Å². The highest BCUT2D eigenvalue weighted by Gasteiger charge is 2.46. The quantitative estimate of drug-likeness (QED) is 0.608. The monoisotopic (exact) mass is 357 g/mol. The van der Waals surface area contributed by atoms with Crippen molar-refractivity contribution in [2.45, 2.75) is 24.7 Å². The van der Waals surface area contributed by atoms with Crippen LogP contribution < -0.4 is 10.1 Å². The van der Waals surface area contributed by atoms with Gasteiger partial charge >= 0.3 is 0 Å². The molecule has 25 heavy (non-hydrogen) atoms. The third-order valence-corrected chi connectivity index (χ3v) is 5.90. The molecule has 0 atom stereocenters. The van der Waals surface area contributed by atoms with Crippen molar-refractivity contribution >= 4 is 17.3 Å². The molecule has 1 saturated carbocycles. The lowest BCUT2D eigenvalue weighted by molar-refractivity contribution is 0.402. The summed E-state index contributed by atoms with van der Waals surface area (Å²) < 4.78 is 5.56. The molecule has 4 nitrogen and oxygen atoms in total. The van der Waals surface area contributed by atoms with Gasteiger partial charge in [-0.1, -0.05) is 24.3 Å². The number of nitrogens with one attached hydrogen (secondary N) is 1. The van der Waals surface area contributed by atoms with Crippen molar-refractivity contribution in [3.8, 4) is 5.75 Å². The predicted octanol–water partition coefficient (Wildman–Crippen LogP) is 3.54. The largest absolute Gasteiger partial charge is 0.496 e. The summed E-state index contributed by atoms with van der Waals surface area (Å²) in [4.78, 5) is 8.08. The van der Waals surface area contributed by atoms with E-state index < -0.39 is 0 Å². The van der Waals surface area contributed by atoms with Crippen LogP contribution in [0.5, 0.6) is 5.75 Å². The molecule has 0 radical (unpaired) electrons. The molecule has 5 heteroatoms. The average molecular weight is 358 g/mol. The first-order valence-corrected chi connectivity index (χ1v) is 9.64. The molecule has 1 aromatic heterocycles. The molecule has 1 N–H and O–H groups in total. The highest BCUT2D eigenvalue weighted by molar-refractivity contribution is 7.09. The molecule has 3 rings (SSSR count). The number of aliphatic imine (C=N–C) groups is 1. The minimum Gasteiger partial charge on any atom is -0.496 e. The third-order valence-electron chi connectivity index (χ3n) is 4.96. The van der Waals surface area contributed by atoms with Crippen LogP contribution in [-0.4, -0.2) is 45.2 Å². The fourth-order valence-electron chi connectivity index (χ4n) is 3.25. The van der Waals surface area contributed by atoms with Gasteiger partial charge in [0, 0.05) is 43.0 Å². The van der Waals surface area contributed by atoms with Crippen LogP contribution in [0.25, 0.3) is 0 Å². The first kappa shape index (κ1) is 17.8. The van der Waals surface area contributed by atoms with Crippen molar-refractivity contribution in [3.05, 3.63) is 52.2 Å². The van der Waals surface area contributed by atoms with E-state index >= 15 is 0 Å². The molecule has 134 valence electrons. The standard InChI is InChI=1S/C20H27N3OS/c1-21-19(23(2)13-10-16-7-6-14-25-16)22-15-20(11-12-20)17-8-4-5-9-18(17)24-3/h4-9,14H,10-13,15H2,1-3H3,(H,21,22). The summed E-state index contributed by atoms with van der Waals surface area (Å²) in [7, 11) is 5.71. The first-order valence-electron chi connectivity index (χ1n) is 8.76. The Morgan fingerprint density at radius 2 is 2.08 bits per heavy atom. The lowest BCUT2D eigenvalue weighted by Gasteiger charge is -2.25. The molecule has 1 fully saturated rings. The van der Waals surface area contributed by atoms with Crippen LogP contribution in [0.2, 0.25) is 0 Å². The molecule has 0 unspecified atom stereocenters. The number of benzene rings is 1. The van der Waals surface area contributed by atoms with Crippen molar-refractivity contribution in [2.24, 2.45) is 4.99 Å². The number of ether oxygens (including phenoxy) is 1.